The van der Waals surface area contributed by atoms with Crippen LogP contribution in [0.3, 0.4) is 0 Å². The number of aliphatic carboxylic acids is 1. The SMILES string of the molecule is NC(=O)CN(CC(=O)O)C(=O)c1cccc(F)c1Cl. The highest BCUT2D eigenvalue weighted by Crippen LogP contribution is 2.21. The number of carbonyl (C=O) groups is 3. The summed E-state index contributed by atoms with van der Waals surface area (Å²) in [6, 6.07) is 3.52. The number of rotatable bonds is 5. The molecule has 102 valence electrons. The first kappa shape index (κ1) is 14.9. The maximum atomic E-state index is 13.2. The first-order valence-corrected chi connectivity index (χ1v) is 5.44. The van der Waals surface area contributed by atoms with E-state index in [1.807, 2.05) is 0 Å². The van der Waals surface area contributed by atoms with Crippen molar-refractivity contribution in [2.75, 3.05) is 13.1 Å². The Kier molecular flexibility index (Phi) is 4.82. The highest BCUT2D eigenvalue weighted by atomic mass is 35.5. The average Bonchev–Trinajstić information content (AvgIpc) is 2.30. The molecule has 0 aliphatic heterocycles. The molecular formula is C11H10ClFN2O4. The molecule has 6 nitrogen and oxygen atoms in total. The lowest BCUT2D eigenvalue weighted by atomic mass is 10.2. The molecule has 0 fully saturated rings. The summed E-state index contributed by atoms with van der Waals surface area (Å²) in [6.07, 6.45) is 0. The van der Waals surface area contributed by atoms with Crippen LogP contribution in [0.25, 0.3) is 0 Å². The number of carboxylic acid groups (broad SMARTS) is 1. The van der Waals surface area contributed by atoms with Crippen LogP contribution in [-0.4, -0.2) is 40.9 Å². The monoisotopic (exact) mass is 288 g/mol. The Balaban J connectivity index is 3.07. The van der Waals surface area contributed by atoms with E-state index < -0.39 is 41.7 Å². The van der Waals surface area contributed by atoms with E-state index in [0.717, 1.165) is 6.07 Å². The Morgan fingerprint density at radius 1 is 1.32 bits per heavy atom. The number of carbonyl (C=O) groups excluding carboxylic acids is 2. The van der Waals surface area contributed by atoms with Crippen LogP contribution >= 0.6 is 11.6 Å². The van der Waals surface area contributed by atoms with Gasteiger partial charge in [0.1, 0.15) is 18.9 Å². The molecule has 0 saturated heterocycles. The fourth-order valence-electron chi connectivity index (χ4n) is 1.39. The molecular weight excluding hydrogens is 279 g/mol. The summed E-state index contributed by atoms with van der Waals surface area (Å²) >= 11 is 5.62. The molecule has 0 spiro atoms. The normalized spacial score (nSPS) is 10.0. The molecule has 0 radical (unpaired) electrons. The number of nitrogens with two attached hydrogens (primary N) is 1. The molecule has 1 rings (SSSR count). The van der Waals surface area contributed by atoms with Crippen molar-refractivity contribution in [3.63, 3.8) is 0 Å². The predicted molar refractivity (Wildman–Crippen MR) is 64.1 cm³/mol. The van der Waals surface area contributed by atoms with Gasteiger partial charge in [-0.05, 0) is 12.1 Å². The van der Waals surface area contributed by atoms with Crippen LogP contribution in [0.1, 0.15) is 10.4 Å². The maximum absolute atomic E-state index is 13.2. The number of carboxylic acids is 1. The number of nitrogens with zero attached hydrogens (tertiary/aromatic N) is 1. The fourth-order valence-corrected chi connectivity index (χ4v) is 1.60. The number of halogens is 2. The zero-order valence-electron chi connectivity index (χ0n) is 9.60. The lowest BCUT2D eigenvalue weighted by Crippen LogP contribution is -2.41. The third kappa shape index (κ3) is 3.92. The molecule has 0 unspecified atom stereocenters. The van der Waals surface area contributed by atoms with Crippen molar-refractivity contribution in [3.05, 3.63) is 34.6 Å². The van der Waals surface area contributed by atoms with Crippen LogP contribution in [0.5, 0.6) is 0 Å². The minimum Gasteiger partial charge on any atom is -0.480 e. The van der Waals surface area contributed by atoms with E-state index in [9.17, 15) is 18.8 Å². The topological polar surface area (TPSA) is 101 Å². The van der Waals surface area contributed by atoms with Gasteiger partial charge in [0.25, 0.3) is 5.91 Å². The van der Waals surface area contributed by atoms with Gasteiger partial charge >= 0.3 is 5.97 Å². The Morgan fingerprint density at radius 3 is 2.47 bits per heavy atom. The molecule has 0 aliphatic rings. The van der Waals surface area contributed by atoms with Gasteiger partial charge in [0.2, 0.25) is 5.91 Å². The van der Waals surface area contributed by atoms with Crippen molar-refractivity contribution in [1.82, 2.24) is 4.90 Å². The zero-order valence-corrected chi connectivity index (χ0v) is 10.4. The van der Waals surface area contributed by atoms with Crippen LogP contribution < -0.4 is 5.73 Å². The van der Waals surface area contributed by atoms with Gasteiger partial charge in [-0.25, -0.2) is 4.39 Å². The van der Waals surface area contributed by atoms with Gasteiger partial charge in [0.05, 0.1) is 10.6 Å². The standard InChI is InChI=1S/C11H10ClFN2O4/c12-10-6(2-1-3-7(10)13)11(19)15(4-8(14)16)5-9(17)18/h1-3H,4-5H2,(H2,14,16)(H,17,18). The summed E-state index contributed by atoms with van der Waals surface area (Å²) in [5, 5.41) is 8.23. The van der Waals surface area contributed by atoms with Crippen molar-refractivity contribution < 1.29 is 23.9 Å². The minimum atomic E-state index is -1.33. The van der Waals surface area contributed by atoms with Gasteiger partial charge in [0.15, 0.2) is 0 Å². The molecule has 0 bridgehead atoms. The van der Waals surface area contributed by atoms with Crippen LogP contribution in [-0.2, 0) is 9.59 Å². The molecule has 0 heterocycles. The van der Waals surface area contributed by atoms with Crippen LogP contribution in [0, 0.1) is 5.82 Å². The molecule has 0 aliphatic carbocycles. The number of amides is 2. The van der Waals surface area contributed by atoms with Crippen molar-refractivity contribution >= 4 is 29.4 Å². The predicted octanol–water partition coefficient (Wildman–Crippen LogP) is 0.491. The minimum absolute atomic E-state index is 0.232. The molecule has 19 heavy (non-hydrogen) atoms. The molecule has 0 atom stereocenters. The summed E-state index contributed by atoms with van der Waals surface area (Å²) in [6.45, 7) is -1.34. The Labute approximate surface area is 112 Å². The molecule has 8 heteroatoms. The van der Waals surface area contributed by atoms with Crippen LogP contribution in [0.4, 0.5) is 4.39 Å². The van der Waals surface area contributed by atoms with Gasteiger partial charge < -0.3 is 15.7 Å². The highest BCUT2D eigenvalue weighted by Gasteiger charge is 2.23. The van der Waals surface area contributed by atoms with E-state index in [1.165, 1.54) is 12.1 Å². The van der Waals surface area contributed by atoms with E-state index in [0.29, 0.717) is 4.90 Å². The molecule has 2 amide bonds. The van der Waals surface area contributed by atoms with Crippen LogP contribution in [0.2, 0.25) is 5.02 Å². The number of benzene rings is 1. The third-order valence-electron chi connectivity index (χ3n) is 2.14. The lowest BCUT2D eigenvalue weighted by molar-refractivity contribution is -0.138. The fraction of sp³-hybridized carbons (Fsp3) is 0.182. The maximum Gasteiger partial charge on any atom is 0.323 e. The van der Waals surface area contributed by atoms with Gasteiger partial charge in [-0.3, -0.25) is 14.4 Å². The quantitative estimate of drug-likeness (QED) is 0.823. The van der Waals surface area contributed by atoms with Gasteiger partial charge in [0, 0.05) is 0 Å². The van der Waals surface area contributed by atoms with Crippen LogP contribution in [0.15, 0.2) is 18.2 Å². The van der Waals surface area contributed by atoms with Crippen molar-refractivity contribution in [2.45, 2.75) is 0 Å². The molecule has 3 N–H and O–H groups in total. The highest BCUT2D eigenvalue weighted by molar-refractivity contribution is 6.34. The van der Waals surface area contributed by atoms with E-state index in [4.69, 9.17) is 22.4 Å². The molecule has 1 aromatic carbocycles. The summed E-state index contributed by atoms with van der Waals surface area (Å²) in [5.74, 6) is -3.92. The molecule has 1 aromatic rings. The Bertz CT molecular complexity index is 519. The number of primary amides is 1. The number of hydrogen-bond acceptors (Lipinski definition) is 3. The second-order valence-corrected chi connectivity index (χ2v) is 4.00. The largest absolute Gasteiger partial charge is 0.480 e. The first-order chi connectivity index (χ1) is 8.82. The van der Waals surface area contributed by atoms with Crippen molar-refractivity contribution in [3.8, 4) is 0 Å². The Morgan fingerprint density at radius 2 is 1.95 bits per heavy atom. The van der Waals surface area contributed by atoms with Gasteiger partial charge in [-0.2, -0.15) is 0 Å². The zero-order chi connectivity index (χ0) is 14.6. The third-order valence-corrected chi connectivity index (χ3v) is 2.53. The molecule has 0 aromatic heterocycles. The van der Waals surface area contributed by atoms with Gasteiger partial charge in [-0.15, -0.1) is 0 Å². The summed E-state index contributed by atoms with van der Waals surface area (Å²) < 4.78 is 13.2. The summed E-state index contributed by atoms with van der Waals surface area (Å²) in [5.41, 5.74) is 4.69. The Hall–Kier alpha value is -2.15. The summed E-state index contributed by atoms with van der Waals surface area (Å²) in [7, 11) is 0. The molecule has 0 saturated carbocycles. The van der Waals surface area contributed by atoms with E-state index in [2.05, 4.69) is 0 Å². The number of hydrogen-bond donors (Lipinski definition) is 2. The van der Waals surface area contributed by atoms with E-state index in [-0.39, 0.29) is 5.56 Å². The second-order valence-electron chi connectivity index (χ2n) is 3.62. The lowest BCUT2D eigenvalue weighted by Gasteiger charge is -2.19. The average molecular weight is 289 g/mol. The second kappa shape index (κ2) is 6.14. The van der Waals surface area contributed by atoms with E-state index in [1.54, 1.807) is 0 Å². The van der Waals surface area contributed by atoms with Crippen molar-refractivity contribution in [1.29, 1.82) is 0 Å². The van der Waals surface area contributed by atoms with Gasteiger partial charge in [-0.1, -0.05) is 17.7 Å². The first-order valence-electron chi connectivity index (χ1n) is 5.06. The summed E-state index contributed by atoms with van der Waals surface area (Å²) in [4.78, 5) is 34.1. The van der Waals surface area contributed by atoms with Crippen molar-refractivity contribution in [2.24, 2.45) is 5.73 Å². The smallest absolute Gasteiger partial charge is 0.323 e. The van der Waals surface area contributed by atoms with E-state index >= 15 is 0 Å².